The largest absolute Gasteiger partial charge is 0.497 e. The van der Waals surface area contributed by atoms with Gasteiger partial charge in [0.15, 0.2) is 11.6 Å². The van der Waals surface area contributed by atoms with Crippen molar-refractivity contribution in [3.63, 3.8) is 0 Å². The molecule has 2 heterocycles. The maximum absolute atomic E-state index is 14.9. The molecule has 1 aliphatic rings. The summed E-state index contributed by atoms with van der Waals surface area (Å²) in [5.74, 6) is 1.31. The molecule has 0 bridgehead atoms. The van der Waals surface area contributed by atoms with Gasteiger partial charge in [0.25, 0.3) is 0 Å². The summed E-state index contributed by atoms with van der Waals surface area (Å²) in [6, 6.07) is 13.8. The molecule has 1 amide bonds. The average molecular weight is 622 g/mol. The zero-order chi connectivity index (χ0) is 32.2. The fraction of sp³-hybridized carbons (Fsp3) is 0.514. The second kappa shape index (κ2) is 17.0. The first kappa shape index (κ1) is 34.0. The molecule has 45 heavy (non-hydrogen) atoms. The molecule has 0 aliphatic carbocycles. The van der Waals surface area contributed by atoms with E-state index in [9.17, 15) is 9.18 Å². The zero-order valence-electron chi connectivity index (χ0n) is 27.3. The number of methoxy groups -OCH3 is 1. The van der Waals surface area contributed by atoms with Crippen molar-refractivity contribution < 1.29 is 23.4 Å². The van der Waals surface area contributed by atoms with Gasteiger partial charge in [0, 0.05) is 24.5 Å². The first-order valence-corrected chi connectivity index (χ1v) is 16.1. The molecule has 1 fully saturated rings. The number of aromatic nitrogens is 2. The number of nitrogens with one attached hydrogen (secondary N) is 1. The number of halogens is 1. The molecule has 10 heteroatoms. The van der Waals surface area contributed by atoms with Gasteiger partial charge in [-0.3, -0.25) is 4.90 Å². The molecule has 2 unspecified atom stereocenters. The number of carbonyl (C=O) groups excluding carboxylic acids is 1. The van der Waals surface area contributed by atoms with Gasteiger partial charge in [0.05, 0.1) is 20.3 Å². The Morgan fingerprint density at radius 1 is 1.09 bits per heavy atom. The third kappa shape index (κ3) is 10.0. The van der Waals surface area contributed by atoms with Gasteiger partial charge in [0.1, 0.15) is 17.7 Å². The quantitative estimate of drug-likeness (QED) is 0.172. The van der Waals surface area contributed by atoms with Crippen LogP contribution in [0.25, 0.3) is 0 Å². The van der Waals surface area contributed by atoms with Crippen LogP contribution in [0.4, 0.5) is 26.6 Å². The molecule has 9 nitrogen and oxygen atoms in total. The van der Waals surface area contributed by atoms with Crippen molar-refractivity contribution in [2.45, 2.75) is 72.4 Å². The van der Waals surface area contributed by atoms with Gasteiger partial charge in [-0.05, 0) is 80.1 Å². The lowest BCUT2D eigenvalue weighted by Crippen LogP contribution is -2.38. The number of nitrogens with zero attached hydrogens (tertiary/aromatic N) is 4. The number of benzene rings is 2. The molecule has 1 saturated heterocycles. The van der Waals surface area contributed by atoms with Crippen molar-refractivity contribution in [3.8, 4) is 11.5 Å². The Hall–Kier alpha value is -3.92. The van der Waals surface area contributed by atoms with Gasteiger partial charge in [-0.1, -0.05) is 52.7 Å². The molecule has 1 N–H and O–H groups in total. The van der Waals surface area contributed by atoms with Crippen molar-refractivity contribution in [3.05, 3.63) is 66.1 Å². The maximum atomic E-state index is 14.9. The number of piperidine rings is 1. The van der Waals surface area contributed by atoms with E-state index in [1.165, 1.54) is 30.2 Å². The topological polar surface area (TPSA) is 89.0 Å². The van der Waals surface area contributed by atoms with E-state index in [4.69, 9.17) is 14.2 Å². The summed E-state index contributed by atoms with van der Waals surface area (Å²) in [5.41, 5.74) is 1.31. The number of anilines is 3. The molecule has 4 rings (SSSR count). The Balaban J connectivity index is 1.47. The summed E-state index contributed by atoms with van der Waals surface area (Å²) in [5, 5.41) is 3.06. The minimum absolute atomic E-state index is 0.140. The van der Waals surface area contributed by atoms with Crippen LogP contribution in [0, 0.1) is 17.7 Å². The standard InChI is InChI=1S/C35H48FN5O4/c1-6-26(4)33(25(2)3)45-35(42)41(24-27-12-10-13-29(22-27)43-5)32-16-17-37-34(39-32)38-28-14-15-31(30(36)23-28)44-21-11-20-40-18-8-7-9-19-40/h10,12-17,22-23,25-26,33H,6-9,11,18-21,24H2,1-5H3,(H,37,38,39). The highest BCUT2D eigenvalue weighted by Crippen LogP contribution is 2.27. The van der Waals surface area contributed by atoms with Crippen LogP contribution in [0.1, 0.15) is 65.4 Å². The van der Waals surface area contributed by atoms with Crippen molar-refractivity contribution in [2.24, 2.45) is 11.8 Å². The van der Waals surface area contributed by atoms with E-state index in [0.717, 1.165) is 38.0 Å². The lowest BCUT2D eigenvalue weighted by molar-refractivity contribution is 0.0402. The Morgan fingerprint density at radius 2 is 1.89 bits per heavy atom. The highest BCUT2D eigenvalue weighted by molar-refractivity contribution is 5.86. The van der Waals surface area contributed by atoms with Crippen LogP contribution in [-0.4, -0.2) is 60.4 Å². The summed E-state index contributed by atoms with van der Waals surface area (Å²) in [4.78, 5) is 26.6. The van der Waals surface area contributed by atoms with Gasteiger partial charge >= 0.3 is 6.09 Å². The normalized spacial score (nSPS) is 14.9. The molecule has 0 radical (unpaired) electrons. The van der Waals surface area contributed by atoms with Crippen molar-refractivity contribution >= 4 is 23.5 Å². The number of rotatable bonds is 15. The van der Waals surface area contributed by atoms with Crippen LogP contribution in [-0.2, 0) is 11.3 Å². The smallest absolute Gasteiger partial charge is 0.416 e. The van der Waals surface area contributed by atoms with E-state index in [1.54, 1.807) is 31.5 Å². The fourth-order valence-corrected chi connectivity index (χ4v) is 5.55. The summed E-state index contributed by atoms with van der Waals surface area (Å²) >= 11 is 0. The minimum atomic E-state index is -0.505. The molecular weight excluding hydrogens is 573 g/mol. The van der Waals surface area contributed by atoms with Crippen molar-refractivity contribution in [1.29, 1.82) is 0 Å². The maximum Gasteiger partial charge on any atom is 0.416 e. The van der Waals surface area contributed by atoms with Gasteiger partial charge in [-0.2, -0.15) is 4.98 Å². The van der Waals surface area contributed by atoms with E-state index in [0.29, 0.717) is 23.9 Å². The van der Waals surface area contributed by atoms with Crippen LogP contribution in [0.3, 0.4) is 0 Å². The van der Waals surface area contributed by atoms with Crippen LogP contribution in [0.5, 0.6) is 11.5 Å². The highest BCUT2D eigenvalue weighted by Gasteiger charge is 2.28. The van der Waals surface area contributed by atoms with Crippen LogP contribution in [0.15, 0.2) is 54.7 Å². The summed E-state index contributed by atoms with van der Waals surface area (Å²) in [6.45, 7) is 12.2. The second-order valence-corrected chi connectivity index (χ2v) is 12.0. The van der Waals surface area contributed by atoms with Crippen molar-refractivity contribution in [2.75, 3.05) is 43.6 Å². The van der Waals surface area contributed by atoms with E-state index < -0.39 is 11.9 Å². The van der Waals surface area contributed by atoms with Crippen LogP contribution < -0.4 is 19.7 Å². The zero-order valence-corrected chi connectivity index (χ0v) is 27.3. The Morgan fingerprint density at radius 3 is 2.60 bits per heavy atom. The molecule has 244 valence electrons. The molecule has 2 aromatic carbocycles. The van der Waals surface area contributed by atoms with Crippen LogP contribution in [0.2, 0.25) is 0 Å². The fourth-order valence-electron chi connectivity index (χ4n) is 5.55. The number of hydrogen-bond acceptors (Lipinski definition) is 8. The molecule has 1 aliphatic heterocycles. The third-order valence-electron chi connectivity index (χ3n) is 8.22. The van der Waals surface area contributed by atoms with Crippen molar-refractivity contribution in [1.82, 2.24) is 14.9 Å². The summed E-state index contributed by atoms with van der Waals surface area (Å²) in [7, 11) is 1.60. The van der Waals surface area contributed by atoms with E-state index in [2.05, 4.69) is 34.0 Å². The Kier molecular flexibility index (Phi) is 12.8. The lowest BCUT2D eigenvalue weighted by atomic mass is 9.93. The number of ether oxygens (including phenoxy) is 3. The number of likely N-dealkylation sites (tertiary alicyclic amines) is 1. The highest BCUT2D eigenvalue weighted by atomic mass is 19.1. The number of carbonyl (C=O) groups is 1. The predicted molar refractivity (Wildman–Crippen MR) is 176 cm³/mol. The summed E-state index contributed by atoms with van der Waals surface area (Å²) < 4.78 is 32.1. The molecule has 0 spiro atoms. The van der Waals surface area contributed by atoms with Gasteiger partial charge in [-0.25, -0.2) is 14.2 Å². The summed E-state index contributed by atoms with van der Waals surface area (Å²) in [6.07, 6.45) is 6.32. The monoisotopic (exact) mass is 621 g/mol. The second-order valence-electron chi connectivity index (χ2n) is 12.0. The Labute approximate surface area is 267 Å². The molecule has 1 aromatic heterocycles. The predicted octanol–water partition coefficient (Wildman–Crippen LogP) is 7.84. The van der Waals surface area contributed by atoms with Gasteiger partial charge in [-0.15, -0.1) is 0 Å². The number of hydrogen-bond donors (Lipinski definition) is 1. The SMILES string of the molecule is CCC(C)C(OC(=O)N(Cc1cccc(OC)c1)c1ccnc(Nc2ccc(OCCCN3CCCCC3)c(F)c2)n1)C(C)C. The molecule has 2 atom stereocenters. The average Bonchev–Trinajstić information content (AvgIpc) is 3.05. The molecule has 3 aromatic rings. The molecular formula is C35H48FN5O4. The van der Waals surface area contributed by atoms with Gasteiger partial charge < -0.3 is 24.4 Å². The van der Waals surface area contributed by atoms with Gasteiger partial charge in [0.2, 0.25) is 5.95 Å². The molecule has 0 saturated carbocycles. The number of amides is 1. The first-order chi connectivity index (χ1) is 21.8. The minimum Gasteiger partial charge on any atom is -0.497 e. The first-order valence-electron chi connectivity index (χ1n) is 16.1. The van der Waals surface area contributed by atoms with E-state index in [-0.39, 0.29) is 36.2 Å². The van der Waals surface area contributed by atoms with Crippen LogP contribution >= 0.6 is 0 Å². The Bertz CT molecular complexity index is 1370. The lowest BCUT2D eigenvalue weighted by Gasteiger charge is -2.30. The van der Waals surface area contributed by atoms with E-state index in [1.807, 2.05) is 38.1 Å². The third-order valence-corrected chi connectivity index (χ3v) is 8.22. The van der Waals surface area contributed by atoms with E-state index >= 15 is 0 Å².